The number of rotatable bonds is 3. The summed E-state index contributed by atoms with van der Waals surface area (Å²) in [5.41, 5.74) is 2.14. The van der Waals surface area contributed by atoms with E-state index in [2.05, 4.69) is 40.7 Å². The first kappa shape index (κ1) is 16.6. The molecular weight excluding hydrogens is 282 g/mol. The Labute approximate surface area is 134 Å². The van der Waals surface area contributed by atoms with E-state index in [0.29, 0.717) is 12.0 Å². The highest BCUT2D eigenvalue weighted by Crippen LogP contribution is 2.32. The quantitative estimate of drug-likeness (QED) is 0.705. The Morgan fingerprint density at radius 1 is 1.19 bits per heavy atom. The fraction of sp³-hybridized carbons (Fsp3) is 0.722. The molecule has 0 saturated heterocycles. The lowest BCUT2D eigenvalue weighted by molar-refractivity contribution is 0.0960. The van der Waals surface area contributed by atoms with Gasteiger partial charge in [0.05, 0.1) is 5.69 Å². The monoisotopic (exact) mass is 309 g/mol. The Bertz CT molecular complexity index is 481. The fourth-order valence-corrected chi connectivity index (χ4v) is 3.01. The van der Waals surface area contributed by atoms with E-state index in [1.807, 2.05) is 6.07 Å². The maximum atomic E-state index is 6.18. The smallest absolute Gasteiger partial charge is 0.214 e. The van der Waals surface area contributed by atoms with Gasteiger partial charge in [-0.3, -0.25) is 0 Å². The average molecular weight is 310 g/mol. The first-order chi connectivity index (χ1) is 9.79. The molecule has 0 aliphatic heterocycles. The van der Waals surface area contributed by atoms with E-state index in [-0.39, 0.29) is 5.41 Å². The maximum Gasteiger partial charge on any atom is 0.214 e. The zero-order valence-electron chi connectivity index (χ0n) is 13.9. The van der Waals surface area contributed by atoms with Gasteiger partial charge in [0, 0.05) is 17.4 Å². The molecule has 0 radical (unpaired) electrons. The van der Waals surface area contributed by atoms with Gasteiger partial charge in [0.2, 0.25) is 5.88 Å². The Kier molecular flexibility index (Phi) is 5.19. The van der Waals surface area contributed by atoms with Crippen molar-refractivity contribution in [1.82, 2.24) is 4.98 Å². The van der Waals surface area contributed by atoms with Crippen molar-refractivity contribution in [2.45, 2.75) is 71.3 Å². The molecule has 1 aliphatic rings. The van der Waals surface area contributed by atoms with Crippen molar-refractivity contribution in [2.75, 3.05) is 0 Å². The largest absolute Gasteiger partial charge is 0.474 e. The Balaban J connectivity index is 2.16. The van der Waals surface area contributed by atoms with Gasteiger partial charge in [0.25, 0.3) is 0 Å². The second-order valence-electron chi connectivity index (χ2n) is 7.59. The number of pyridine rings is 1. The number of halogens is 1. The molecule has 3 unspecified atom stereocenters. The van der Waals surface area contributed by atoms with Gasteiger partial charge in [0.15, 0.2) is 0 Å². The van der Waals surface area contributed by atoms with Gasteiger partial charge in [-0.15, -0.1) is 11.6 Å². The fourth-order valence-electron chi connectivity index (χ4n) is 2.86. The lowest BCUT2D eigenvalue weighted by atomic mass is 9.80. The van der Waals surface area contributed by atoms with Gasteiger partial charge in [0.1, 0.15) is 6.10 Å². The molecule has 0 aromatic carbocycles. The van der Waals surface area contributed by atoms with Gasteiger partial charge in [-0.1, -0.05) is 34.6 Å². The zero-order chi connectivity index (χ0) is 15.6. The Morgan fingerprint density at radius 2 is 1.90 bits per heavy atom. The van der Waals surface area contributed by atoms with E-state index in [9.17, 15) is 0 Å². The molecule has 1 saturated carbocycles. The zero-order valence-corrected chi connectivity index (χ0v) is 14.7. The van der Waals surface area contributed by atoms with Gasteiger partial charge in [-0.2, -0.15) is 0 Å². The third-order valence-electron chi connectivity index (χ3n) is 4.62. The molecule has 2 nitrogen and oxygen atoms in total. The molecule has 1 fully saturated rings. The lowest BCUT2D eigenvalue weighted by Gasteiger charge is -2.32. The third-order valence-corrected chi connectivity index (χ3v) is 4.93. The minimum atomic E-state index is 0.00848. The van der Waals surface area contributed by atoms with E-state index >= 15 is 0 Å². The molecule has 1 aromatic heterocycles. The van der Waals surface area contributed by atoms with Crippen molar-refractivity contribution in [3.05, 3.63) is 23.4 Å². The number of alkyl halides is 1. The van der Waals surface area contributed by atoms with E-state index in [0.717, 1.165) is 41.8 Å². The van der Waals surface area contributed by atoms with Crippen LogP contribution in [0.3, 0.4) is 0 Å². The second kappa shape index (κ2) is 6.56. The number of ether oxygens (including phenoxy) is 1. The summed E-state index contributed by atoms with van der Waals surface area (Å²) in [5.74, 6) is 2.77. The van der Waals surface area contributed by atoms with Crippen LogP contribution in [-0.4, -0.2) is 11.1 Å². The summed E-state index contributed by atoms with van der Waals surface area (Å²) in [6, 6.07) is 4.08. The van der Waals surface area contributed by atoms with E-state index in [4.69, 9.17) is 21.3 Å². The maximum absolute atomic E-state index is 6.18. The summed E-state index contributed by atoms with van der Waals surface area (Å²) >= 11 is 6.02. The molecule has 118 valence electrons. The summed E-state index contributed by atoms with van der Waals surface area (Å²) in [6.45, 7) is 11.2. The molecule has 21 heavy (non-hydrogen) atoms. The van der Waals surface area contributed by atoms with Crippen LogP contribution in [-0.2, 0) is 11.3 Å². The van der Waals surface area contributed by atoms with Crippen LogP contribution in [0.4, 0.5) is 0 Å². The number of aromatic nitrogens is 1. The number of nitrogens with zero attached hydrogens (tertiary/aromatic N) is 1. The van der Waals surface area contributed by atoms with E-state index < -0.39 is 0 Å². The topological polar surface area (TPSA) is 22.1 Å². The van der Waals surface area contributed by atoms with Gasteiger partial charge in [-0.05, 0) is 42.7 Å². The Morgan fingerprint density at radius 3 is 2.48 bits per heavy atom. The first-order valence-electron chi connectivity index (χ1n) is 8.03. The Hall–Kier alpha value is -0.760. The van der Waals surface area contributed by atoms with Gasteiger partial charge in [-0.25, -0.2) is 4.98 Å². The highest BCUT2D eigenvalue weighted by Gasteiger charge is 2.26. The van der Waals surface area contributed by atoms with Crippen molar-refractivity contribution in [2.24, 2.45) is 11.8 Å². The highest BCUT2D eigenvalue weighted by atomic mass is 35.5. The van der Waals surface area contributed by atoms with Crippen LogP contribution in [0.25, 0.3) is 0 Å². The number of hydrogen-bond donors (Lipinski definition) is 0. The molecule has 3 atom stereocenters. The summed E-state index contributed by atoms with van der Waals surface area (Å²) in [5, 5.41) is 0. The standard InChI is InChI=1S/C18H28ClNO/c1-12-6-7-15(8-13(12)2)21-17-10-14(11-19)9-16(20-17)18(3,4)5/h9-10,12-13,15H,6-8,11H2,1-5H3. The minimum Gasteiger partial charge on any atom is -0.474 e. The summed E-state index contributed by atoms with van der Waals surface area (Å²) < 4.78 is 6.18. The van der Waals surface area contributed by atoms with Crippen molar-refractivity contribution in [3.63, 3.8) is 0 Å². The molecular formula is C18H28ClNO. The van der Waals surface area contributed by atoms with Crippen LogP contribution in [0, 0.1) is 11.8 Å². The summed E-state index contributed by atoms with van der Waals surface area (Å²) in [7, 11) is 0. The molecule has 0 amide bonds. The predicted octanol–water partition coefficient (Wildman–Crippen LogP) is 5.32. The van der Waals surface area contributed by atoms with E-state index in [1.165, 1.54) is 6.42 Å². The van der Waals surface area contributed by atoms with Crippen molar-refractivity contribution in [1.29, 1.82) is 0 Å². The molecule has 3 heteroatoms. The van der Waals surface area contributed by atoms with Crippen molar-refractivity contribution < 1.29 is 4.74 Å². The molecule has 2 rings (SSSR count). The summed E-state index contributed by atoms with van der Waals surface area (Å²) in [4.78, 5) is 4.71. The van der Waals surface area contributed by atoms with Crippen molar-refractivity contribution >= 4 is 11.6 Å². The molecule has 0 N–H and O–H groups in total. The van der Waals surface area contributed by atoms with Crippen LogP contribution < -0.4 is 4.74 Å². The van der Waals surface area contributed by atoms with Crippen LogP contribution in [0.1, 0.15) is 65.1 Å². The first-order valence-corrected chi connectivity index (χ1v) is 8.57. The number of hydrogen-bond acceptors (Lipinski definition) is 2. The molecule has 0 bridgehead atoms. The molecule has 1 aliphatic carbocycles. The molecule has 0 spiro atoms. The van der Waals surface area contributed by atoms with Gasteiger partial charge < -0.3 is 4.74 Å². The van der Waals surface area contributed by atoms with Crippen LogP contribution in [0.5, 0.6) is 5.88 Å². The highest BCUT2D eigenvalue weighted by molar-refractivity contribution is 6.17. The van der Waals surface area contributed by atoms with Crippen LogP contribution in [0.2, 0.25) is 0 Å². The SMILES string of the molecule is CC1CCC(Oc2cc(CCl)cc(C(C)(C)C)n2)CC1C. The van der Waals surface area contributed by atoms with Crippen LogP contribution in [0.15, 0.2) is 12.1 Å². The average Bonchev–Trinajstić information content (AvgIpc) is 2.41. The van der Waals surface area contributed by atoms with Crippen molar-refractivity contribution in [3.8, 4) is 5.88 Å². The normalized spacial score (nSPS) is 26.7. The van der Waals surface area contributed by atoms with Crippen LogP contribution >= 0.6 is 11.6 Å². The molecule has 1 aromatic rings. The van der Waals surface area contributed by atoms with E-state index in [1.54, 1.807) is 0 Å². The van der Waals surface area contributed by atoms with Gasteiger partial charge >= 0.3 is 0 Å². The second-order valence-corrected chi connectivity index (χ2v) is 7.86. The summed E-state index contributed by atoms with van der Waals surface area (Å²) in [6.07, 6.45) is 3.79. The predicted molar refractivity (Wildman–Crippen MR) is 89.1 cm³/mol. The minimum absolute atomic E-state index is 0.00848. The third kappa shape index (κ3) is 4.35. The lowest BCUT2D eigenvalue weighted by Crippen LogP contribution is -2.29. The molecule has 1 heterocycles.